The van der Waals surface area contributed by atoms with Crippen LogP contribution in [0, 0.1) is 24.1 Å². The lowest BCUT2D eigenvalue weighted by atomic mass is 10.0. The van der Waals surface area contributed by atoms with E-state index in [9.17, 15) is 14.4 Å². The van der Waals surface area contributed by atoms with Gasteiger partial charge in [0, 0.05) is 52.8 Å². The number of ketones is 1. The molecule has 7 heteroatoms. The Morgan fingerprint density at radius 1 is 1.52 bits per heavy atom. The average molecular weight is 461 g/mol. The molecule has 0 radical (unpaired) electrons. The van der Waals surface area contributed by atoms with Crippen molar-refractivity contribution in [3.63, 3.8) is 0 Å². The number of hydrogen-bond donors (Lipinski definition) is 1. The SMILES string of the molecule is [2H]/C(=C\C([2H])([2H])N(C)C([2H])([2H])[2H])C(=O)Cc1cc2c(Nc3c([2H])c([2H])c(F)c(C)c3[2H])c(C#N)cnc2cc1OC([2H])([2H])C([2H])([2H])[2H]. The molecular formula is C26H27FN4O2. The maximum absolute atomic E-state index is 14.4. The average Bonchev–Trinajstić information content (AvgIpc) is 2.95. The van der Waals surface area contributed by atoms with Crippen molar-refractivity contribution in [2.45, 2.75) is 20.2 Å². The zero-order valence-corrected chi connectivity index (χ0v) is 17.6. The number of rotatable bonds is 9. The molecule has 0 saturated heterocycles. The van der Waals surface area contributed by atoms with Crippen LogP contribution in [-0.2, 0) is 11.2 Å². The van der Waals surface area contributed by atoms with E-state index in [1.54, 1.807) is 0 Å². The molecule has 0 aliphatic rings. The molecule has 0 unspecified atom stereocenters. The highest BCUT2D eigenvalue weighted by Gasteiger charge is 2.16. The molecule has 170 valence electrons. The van der Waals surface area contributed by atoms with Crippen molar-refractivity contribution in [3.05, 3.63) is 71.1 Å². The predicted octanol–water partition coefficient (Wildman–Crippen LogP) is 4.93. The Labute approximate surface area is 213 Å². The van der Waals surface area contributed by atoms with Gasteiger partial charge in [0.05, 0.1) is 31.6 Å². The molecule has 1 N–H and O–H groups in total. The molecule has 3 aromatic rings. The quantitative estimate of drug-likeness (QED) is 0.457. The topological polar surface area (TPSA) is 78.3 Å². The third-order valence-corrected chi connectivity index (χ3v) is 4.36. The number of nitriles is 1. The Kier molecular flexibility index (Phi) is 3.70. The van der Waals surface area contributed by atoms with Crippen molar-refractivity contribution in [3.8, 4) is 11.8 Å². The van der Waals surface area contributed by atoms with Gasteiger partial charge in [0.1, 0.15) is 17.6 Å². The van der Waals surface area contributed by atoms with Crippen molar-refractivity contribution in [2.24, 2.45) is 0 Å². The molecule has 0 amide bonds. The van der Waals surface area contributed by atoms with E-state index >= 15 is 0 Å². The summed E-state index contributed by atoms with van der Waals surface area (Å²) < 4.78 is 129. The molecule has 0 atom stereocenters. The molecule has 0 bridgehead atoms. The minimum atomic E-state index is -3.33. The molecule has 0 saturated carbocycles. The Balaban J connectivity index is 2.28. The van der Waals surface area contributed by atoms with Gasteiger partial charge in [0.25, 0.3) is 0 Å². The first-order valence-corrected chi connectivity index (χ1v) is 9.38. The third-order valence-electron chi connectivity index (χ3n) is 4.36. The molecule has 0 fully saturated rings. The molecule has 33 heavy (non-hydrogen) atoms. The van der Waals surface area contributed by atoms with Crippen molar-refractivity contribution in [2.75, 3.05) is 32.4 Å². The van der Waals surface area contributed by atoms with Crippen LogP contribution in [0.25, 0.3) is 10.9 Å². The van der Waals surface area contributed by atoms with E-state index in [2.05, 4.69) is 10.3 Å². The molecule has 1 heterocycles. The van der Waals surface area contributed by atoms with E-state index in [0.29, 0.717) is 11.0 Å². The molecular weight excluding hydrogens is 419 g/mol. The van der Waals surface area contributed by atoms with Crippen LogP contribution in [0.4, 0.5) is 15.8 Å². The van der Waals surface area contributed by atoms with E-state index in [1.165, 1.54) is 6.92 Å². The van der Waals surface area contributed by atoms with Gasteiger partial charge in [0.2, 0.25) is 0 Å². The molecule has 0 aliphatic heterocycles. The van der Waals surface area contributed by atoms with E-state index < -0.39 is 74.8 Å². The Morgan fingerprint density at radius 3 is 3.12 bits per heavy atom. The number of carbonyl (C=O) groups is 1. The number of nitrogens with one attached hydrogen (secondary N) is 1. The lowest BCUT2D eigenvalue weighted by Gasteiger charge is -2.15. The molecule has 6 nitrogen and oxygen atoms in total. The van der Waals surface area contributed by atoms with Gasteiger partial charge in [-0.05, 0) is 63.6 Å². The van der Waals surface area contributed by atoms with Crippen LogP contribution in [0.5, 0.6) is 5.75 Å². The van der Waals surface area contributed by atoms with E-state index in [4.69, 9.17) is 23.9 Å². The second-order valence-electron chi connectivity index (χ2n) is 6.73. The number of fused-ring (bicyclic) bond motifs is 1. The summed E-state index contributed by atoms with van der Waals surface area (Å²) in [5, 5.41) is 12.5. The van der Waals surface area contributed by atoms with Gasteiger partial charge in [-0.15, -0.1) is 0 Å². The fourth-order valence-electron chi connectivity index (χ4n) is 2.88. The lowest BCUT2D eigenvalue weighted by Crippen LogP contribution is -2.11. The summed E-state index contributed by atoms with van der Waals surface area (Å²) in [6.07, 6.45) is 0.659. The van der Waals surface area contributed by atoms with Crippen LogP contribution < -0.4 is 10.1 Å². The minimum absolute atomic E-state index is 0.0195. The van der Waals surface area contributed by atoms with Crippen molar-refractivity contribution < 1.29 is 33.1 Å². The van der Waals surface area contributed by atoms with Crippen molar-refractivity contribution in [1.29, 1.82) is 5.26 Å². The van der Waals surface area contributed by atoms with Gasteiger partial charge >= 0.3 is 0 Å². The summed E-state index contributed by atoms with van der Waals surface area (Å²) in [7, 11) is 0.915. The number of anilines is 2. The van der Waals surface area contributed by atoms with Gasteiger partial charge in [-0.3, -0.25) is 9.78 Å². The number of likely N-dealkylation sites (N-methyl/N-ethyl adjacent to an activating group) is 1. The maximum Gasteiger partial charge on any atom is 0.159 e. The second-order valence-corrected chi connectivity index (χ2v) is 6.73. The maximum atomic E-state index is 14.4. The summed E-state index contributed by atoms with van der Waals surface area (Å²) in [6, 6.07) is 1.00. The largest absolute Gasteiger partial charge is 0.494 e. The minimum Gasteiger partial charge on any atom is -0.494 e. The van der Waals surface area contributed by atoms with Gasteiger partial charge in [0.15, 0.2) is 5.78 Å². The Bertz CT molecular complexity index is 1790. The summed E-state index contributed by atoms with van der Waals surface area (Å²) >= 11 is 0. The summed E-state index contributed by atoms with van der Waals surface area (Å²) in [5.41, 5.74) is -1.28. The third kappa shape index (κ3) is 5.93. The summed E-state index contributed by atoms with van der Waals surface area (Å²) in [4.78, 5) is 17.6. The molecule has 1 aromatic heterocycles. The number of hydrogen-bond acceptors (Lipinski definition) is 6. The van der Waals surface area contributed by atoms with Crippen molar-refractivity contribution in [1.82, 2.24) is 9.88 Å². The van der Waals surface area contributed by atoms with Crippen LogP contribution in [0.15, 0.2) is 48.6 Å². The van der Waals surface area contributed by atoms with E-state index in [1.807, 2.05) is 6.07 Å². The van der Waals surface area contributed by atoms with E-state index in [0.717, 1.165) is 25.4 Å². The second kappa shape index (κ2) is 10.7. The highest BCUT2D eigenvalue weighted by atomic mass is 19.1. The number of pyridine rings is 1. The molecule has 0 aliphatic carbocycles. The summed E-state index contributed by atoms with van der Waals surface area (Å²) in [6.45, 7) is -11.2. The number of nitrogens with zero attached hydrogens (tertiary/aromatic N) is 3. The Morgan fingerprint density at radius 2 is 2.36 bits per heavy atom. The zero-order valence-electron chi connectivity index (χ0n) is 31.6. The fourth-order valence-corrected chi connectivity index (χ4v) is 2.88. The smallest absolute Gasteiger partial charge is 0.159 e. The molecule has 0 spiro atoms. The zero-order chi connectivity index (χ0) is 36.0. The van der Waals surface area contributed by atoms with Crippen LogP contribution in [-0.4, -0.2) is 42.7 Å². The van der Waals surface area contributed by atoms with Crippen LogP contribution >= 0.6 is 0 Å². The first kappa shape index (κ1) is 11.4. The van der Waals surface area contributed by atoms with Crippen LogP contribution in [0.3, 0.4) is 0 Å². The normalized spacial score (nSPS) is 19.3. The van der Waals surface area contributed by atoms with Gasteiger partial charge in [-0.25, -0.2) is 4.39 Å². The predicted molar refractivity (Wildman–Crippen MR) is 128 cm³/mol. The molecule has 2 aromatic carbocycles. The lowest BCUT2D eigenvalue weighted by molar-refractivity contribution is -0.114. The van der Waals surface area contributed by atoms with Gasteiger partial charge in [-0.2, -0.15) is 5.26 Å². The highest BCUT2D eigenvalue weighted by Crippen LogP contribution is 2.34. The monoisotopic (exact) mass is 460 g/mol. The number of aromatic nitrogens is 1. The van der Waals surface area contributed by atoms with Gasteiger partial charge < -0.3 is 15.0 Å². The fraction of sp³-hybridized carbons (Fsp3) is 0.269. The first-order valence-electron chi connectivity index (χ1n) is 16.4. The molecule has 3 rings (SSSR count). The van der Waals surface area contributed by atoms with Crippen LogP contribution in [0.2, 0.25) is 0 Å². The van der Waals surface area contributed by atoms with Crippen molar-refractivity contribution >= 4 is 28.1 Å². The number of ether oxygens (including phenoxy) is 1. The first-order chi connectivity index (χ1) is 21.3. The summed E-state index contributed by atoms with van der Waals surface area (Å²) in [5.74, 6) is -2.75. The Hall–Kier alpha value is -3.76. The standard InChI is InChI=1S/C26H27FN4O2/c1-5-33-25-14-24-22(13-18(25)12-21(32)7-6-10-31(3)4)26(19(15-28)16-29-24)30-20-8-9-23(27)17(2)11-20/h6-9,11,13-14,16H,5,10,12H2,1-4H3,(H,29,30)/b7-6+/i1D3,3D3,5D2,7D,8D,9D,10D2,11D. The number of halogens is 1. The van der Waals surface area contributed by atoms with Gasteiger partial charge in [-0.1, -0.05) is 6.08 Å². The van der Waals surface area contributed by atoms with E-state index in [-0.39, 0.29) is 39.0 Å². The number of carbonyl (C=O) groups excluding carboxylic acids is 1. The number of benzene rings is 2. The number of allylic oxidation sites excluding steroid dienone is 1. The van der Waals surface area contributed by atoms with Crippen LogP contribution in [0.1, 0.15) is 42.7 Å². The highest BCUT2D eigenvalue weighted by molar-refractivity contribution is 5.98.